The standard InChI is InChI=1S/C56H50O16/c1-4-6-29-65-41-28-27-38(30-40(41)57)47-49(63-3)46(58)45-42(64-5-2)31-39(32-43(45)68-47)67-56-51(72-55(62)37-25-17-10-18-26-37)50(71-54(61)36-23-15-9-16-24-36)48(70-53(60)35-21-13-8-14-22-35)44(69-56)33-66-52(59)34-19-11-7-12-20-34/h7-28,30-32,44,48,50-51,56-57H,4-6,29,33H2,1-3H3/t44?,48-,50?,51+,56-/m1/s1. The number of phenols is 1. The van der Waals surface area contributed by atoms with E-state index in [9.17, 15) is 29.1 Å². The van der Waals surface area contributed by atoms with Gasteiger partial charge in [-0.15, -0.1) is 0 Å². The number of fused-ring (bicyclic) bond motifs is 1. The van der Waals surface area contributed by atoms with E-state index in [0.29, 0.717) is 6.61 Å². The molecule has 72 heavy (non-hydrogen) atoms. The van der Waals surface area contributed by atoms with Crippen LogP contribution in [0.3, 0.4) is 0 Å². The number of aromatic hydroxyl groups is 1. The highest BCUT2D eigenvalue weighted by atomic mass is 16.7. The number of esters is 4. The van der Waals surface area contributed by atoms with Crippen molar-refractivity contribution < 1.29 is 71.3 Å². The molecule has 8 rings (SSSR count). The van der Waals surface area contributed by atoms with Gasteiger partial charge in [0.2, 0.25) is 23.6 Å². The lowest BCUT2D eigenvalue weighted by molar-refractivity contribution is -0.275. The van der Waals surface area contributed by atoms with Crippen molar-refractivity contribution in [3.8, 4) is 40.1 Å². The second-order valence-electron chi connectivity index (χ2n) is 16.2. The zero-order valence-corrected chi connectivity index (χ0v) is 39.4. The van der Waals surface area contributed by atoms with Crippen LogP contribution in [0.4, 0.5) is 0 Å². The maximum absolute atomic E-state index is 14.3. The number of hydrogen-bond donors (Lipinski definition) is 1. The molecule has 16 heteroatoms. The highest BCUT2D eigenvalue weighted by Gasteiger charge is 2.54. The van der Waals surface area contributed by atoms with Crippen molar-refractivity contribution >= 4 is 34.8 Å². The van der Waals surface area contributed by atoms with Crippen molar-refractivity contribution in [2.45, 2.75) is 57.4 Å². The molecule has 2 unspecified atom stereocenters. The topological polar surface area (TPSA) is 202 Å². The largest absolute Gasteiger partial charge is 0.504 e. The average Bonchev–Trinajstić information content (AvgIpc) is 3.40. The SMILES string of the molecule is CCCCOc1ccc(-c2oc3cc(O[C@@H]4OC(COC(=O)c5ccccc5)[C@@H](OC(=O)c5ccccc5)C(OC(=O)c5ccccc5)[C@@H]4OC(=O)c4ccccc4)cc(OCC)c3c(=O)c2OC)cc1O. The zero-order chi connectivity index (χ0) is 50.6. The van der Waals surface area contributed by atoms with Crippen LogP contribution >= 0.6 is 0 Å². The minimum absolute atomic E-state index is 0.00479. The monoisotopic (exact) mass is 978 g/mol. The second kappa shape index (κ2) is 23.3. The van der Waals surface area contributed by atoms with E-state index < -0.39 is 66.6 Å². The van der Waals surface area contributed by atoms with E-state index in [-0.39, 0.29) is 79.9 Å². The van der Waals surface area contributed by atoms with E-state index in [0.717, 1.165) is 12.8 Å². The van der Waals surface area contributed by atoms with Crippen LogP contribution in [-0.2, 0) is 23.7 Å². The Morgan fingerprint density at radius 1 is 0.611 bits per heavy atom. The first-order valence-electron chi connectivity index (χ1n) is 23.2. The molecule has 0 saturated carbocycles. The van der Waals surface area contributed by atoms with Crippen molar-refractivity contribution in [3.63, 3.8) is 0 Å². The van der Waals surface area contributed by atoms with E-state index in [1.54, 1.807) is 104 Å². The first-order valence-corrected chi connectivity index (χ1v) is 23.2. The average molecular weight is 979 g/mol. The third kappa shape index (κ3) is 11.5. The smallest absolute Gasteiger partial charge is 0.338 e. The Kier molecular flexibility index (Phi) is 16.1. The zero-order valence-electron chi connectivity index (χ0n) is 39.4. The van der Waals surface area contributed by atoms with Crippen molar-refractivity contribution in [1.29, 1.82) is 0 Å². The Bertz CT molecular complexity index is 3050. The fourth-order valence-electron chi connectivity index (χ4n) is 7.82. The minimum atomic E-state index is -1.76. The summed E-state index contributed by atoms with van der Waals surface area (Å²) in [6.07, 6.45) is -6.67. The van der Waals surface area contributed by atoms with Gasteiger partial charge >= 0.3 is 23.9 Å². The maximum atomic E-state index is 14.3. The molecule has 2 heterocycles. The summed E-state index contributed by atoms with van der Waals surface area (Å²) in [5.41, 5.74) is 0.0921. The van der Waals surface area contributed by atoms with E-state index >= 15 is 0 Å². The number of benzene rings is 6. The molecule has 1 fully saturated rings. The van der Waals surface area contributed by atoms with Crippen molar-refractivity contribution in [2.24, 2.45) is 0 Å². The highest BCUT2D eigenvalue weighted by molar-refractivity contribution is 5.92. The molecule has 1 aliphatic heterocycles. The van der Waals surface area contributed by atoms with Crippen molar-refractivity contribution in [2.75, 3.05) is 26.9 Å². The van der Waals surface area contributed by atoms with Gasteiger partial charge in [0.05, 0.1) is 42.6 Å². The summed E-state index contributed by atoms with van der Waals surface area (Å²) < 4.78 is 61.3. The van der Waals surface area contributed by atoms with Gasteiger partial charge in [-0.1, -0.05) is 86.1 Å². The van der Waals surface area contributed by atoms with Crippen LogP contribution < -0.4 is 24.4 Å². The van der Waals surface area contributed by atoms with Gasteiger partial charge in [-0.05, 0) is 80.1 Å². The van der Waals surface area contributed by atoms with Crippen LogP contribution in [0.5, 0.6) is 28.7 Å². The first-order chi connectivity index (χ1) is 35.1. The molecular formula is C56H50O16. The van der Waals surface area contributed by atoms with E-state index in [2.05, 4.69) is 0 Å². The molecule has 1 N–H and O–H groups in total. The first kappa shape index (κ1) is 49.8. The molecule has 0 radical (unpaired) electrons. The van der Waals surface area contributed by atoms with Gasteiger partial charge in [0, 0.05) is 17.7 Å². The number of rotatable bonds is 19. The lowest BCUT2D eigenvalue weighted by atomic mass is 9.97. The summed E-state index contributed by atoms with van der Waals surface area (Å²) in [5, 5.41) is 10.9. The molecule has 370 valence electrons. The van der Waals surface area contributed by atoms with E-state index in [1.165, 1.54) is 61.7 Å². The molecule has 5 atom stereocenters. The summed E-state index contributed by atoms with van der Waals surface area (Å²) >= 11 is 0. The second-order valence-corrected chi connectivity index (χ2v) is 16.2. The third-order valence-corrected chi connectivity index (χ3v) is 11.4. The lowest BCUT2D eigenvalue weighted by Gasteiger charge is -2.44. The van der Waals surface area contributed by atoms with Crippen molar-refractivity contribution in [3.05, 3.63) is 184 Å². The van der Waals surface area contributed by atoms with Gasteiger partial charge in [0.1, 0.15) is 35.2 Å². The number of hydrogen-bond acceptors (Lipinski definition) is 16. The molecule has 0 bridgehead atoms. The summed E-state index contributed by atoms with van der Waals surface area (Å²) in [7, 11) is 1.30. The number of carbonyl (C=O) groups is 4. The number of unbranched alkanes of at least 4 members (excludes halogenated alkanes) is 1. The molecule has 0 amide bonds. The molecule has 1 aromatic heterocycles. The molecule has 1 aliphatic rings. The van der Waals surface area contributed by atoms with Gasteiger partial charge in [-0.3, -0.25) is 4.79 Å². The Balaban J connectivity index is 1.26. The fourth-order valence-corrected chi connectivity index (χ4v) is 7.82. The van der Waals surface area contributed by atoms with Crippen LogP contribution in [0.15, 0.2) is 161 Å². The third-order valence-electron chi connectivity index (χ3n) is 11.4. The van der Waals surface area contributed by atoms with Gasteiger partial charge in [-0.2, -0.15) is 0 Å². The van der Waals surface area contributed by atoms with E-state index in [1.807, 2.05) is 6.92 Å². The Labute approximate surface area is 413 Å². The maximum Gasteiger partial charge on any atom is 0.338 e. The molecule has 0 spiro atoms. The molecule has 0 aliphatic carbocycles. The molecule has 1 saturated heterocycles. The predicted octanol–water partition coefficient (Wildman–Crippen LogP) is 9.39. The number of methoxy groups -OCH3 is 1. The molecule has 6 aromatic carbocycles. The van der Waals surface area contributed by atoms with Crippen LogP contribution in [0.2, 0.25) is 0 Å². The summed E-state index contributed by atoms with van der Waals surface area (Å²) in [6.45, 7) is 3.57. The Morgan fingerprint density at radius 2 is 1.15 bits per heavy atom. The number of phenolic OH excluding ortho intramolecular Hbond substituents is 1. The van der Waals surface area contributed by atoms with Crippen LogP contribution in [0, 0.1) is 0 Å². The van der Waals surface area contributed by atoms with Gasteiger partial charge in [-0.25, -0.2) is 19.2 Å². The molecule has 7 aromatic rings. The normalized spacial score (nSPS) is 17.2. The fraction of sp³-hybridized carbons (Fsp3) is 0.232. The lowest BCUT2D eigenvalue weighted by Crippen LogP contribution is -2.63. The summed E-state index contributed by atoms with van der Waals surface area (Å²) in [4.78, 5) is 70.2. The quantitative estimate of drug-likeness (QED) is 0.0456. The minimum Gasteiger partial charge on any atom is -0.504 e. The highest BCUT2D eigenvalue weighted by Crippen LogP contribution is 2.40. The van der Waals surface area contributed by atoms with Crippen LogP contribution in [0.1, 0.15) is 68.1 Å². The molecule has 16 nitrogen and oxygen atoms in total. The van der Waals surface area contributed by atoms with Crippen molar-refractivity contribution in [1.82, 2.24) is 0 Å². The summed E-state index contributed by atoms with van der Waals surface area (Å²) in [6, 6.07) is 39.2. The Hall–Kier alpha value is -8.63. The number of carbonyl (C=O) groups excluding carboxylic acids is 4. The predicted molar refractivity (Wildman–Crippen MR) is 261 cm³/mol. The van der Waals surface area contributed by atoms with Gasteiger partial charge in [0.15, 0.2) is 29.5 Å². The molecular weight excluding hydrogens is 929 g/mol. The van der Waals surface area contributed by atoms with Crippen LogP contribution in [-0.4, -0.2) is 86.6 Å². The van der Waals surface area contributed by atoms with Gasteiger partial charge < -0.3 is 52.2 Å². The van der Waals surface area contributed by atoms with Crippen LogP contribution in [0.25, 0.3) is 22.3 Å². The van der Waals surface area contributed by atoms with Gasteiger partial charge in [0.25, 0.3) is 0 Å². The number of ether oxygens (including phenoxy) is 9. The Morgan fingerprint density at radius 3 is 1.68 bits per heavy atom. The summed E-state index contributed by atoms with van der Waals surface area (Å²) in [5.74, 6) is -3.73. The van der Waals surface area contributed by atoms with E-state index in [4.69, 9.17) is 47.0 Å².